The average Bonchev–Trinajstić information content (AvgIpc) is 2.44. The minimum atomic E-state index is -0.659. The molecule has 1 aromatic carbocycles. The Morgan fingerprint density at radius 2 is 2.15 bits per heavy atom. The van der Waals surface area contributed by atoms with Crippen molar-refractivity contribution < 1.29 is 19.0 Å². The second-order valence-corrected chi connectivity index (χ2v) is 5.49. The van der Waals surface area contributed by atoms with Crippen LogP contribution in [-0.2, 0) is 15.9 Å². The van der Waals surface area contributed by atoms with E-state index in [1.807, 2.05) is 6.92 Å². The predicted molar refractivity (Wildman–Crippen MR) is 75.5 cm³/mol. The van der Waals surface area contributed by atoms with E-state index in [-0.39, 0.29) is 5.02 Å². The molecule has 1 fully saturated rings. The maximum absolute atomic E-state index is 13.2. The van der Waals surface area contributed by atoms with E-state index in [1.165, 1.54) is 6.07 Å². The van der Waals surface area contributed by atoms with Gasteiger partial charge in [-0.15, -0.1) is 0 Å². The Kier molecular flexibility index (Phi) is 5.38. The van der Waals surface area contributed by atoms with Crippen LogP contribution in [-0.4, -0.2) is 36.6 Å². The predicted octanol–water partition coefficient (Wildman–Crippen LogP) is 2.97. The lowest BCUT2D eigenvalue weighted by atomic mass is 9.84. The van der Waals surface area contributed by atoms with Gasteiger partial charge in [-0.1, -0.05) is 17.7 Å². The van der Waals surface area contributed by atoms with Gasteiger partial charge in [-0.05, 0) is 24.6 Å². The molecular formula is C15H20ClFO3. The molecule has 1 unspecified atom stereocenters. The third-order valence-corrected chi connectivity index (χ3v) is 4.08. The van der Waals surface area contributed by atoms with Crippen LogP contribution in [0.3, 0.4) is 0 Å². The lowest BCUT2D eigenvalue weighted by Crippen LogP contribution is -2.50. The number of aliphatic hydroxyl groups is 1. The molecule has 112 valence electrons. The van der Waals surface area contributed by atoms with Gasteiger partial charge < -0.3 is 14.6 Å². The van der Waals surface area contributed by atoms with E-state index in [2.05, 4.69) is 0 Å². The van der Waals surface area contributed by atoms with Crippen LogP contribution >= 0.6 is 11.6 Å². The van der Waals surface area contributed by atoms with E-state index in [0.717, 1.165) is 5.56 Å². The van der Waals surface area contributed by atoms with Gasteiger partial charge in [0.2, 0.25) is 0 Å². The molecule has 1 heterocycles. The summed E-state index contributed by atoms with van der Waals surface area (Å²) >= 11 is 5.77. The van der Waals surface area contributed by atoms with E-state index in [4.69, 9.17) is 21.1 Å². The van der Waals surface area contributed by atoms with Crippen molar-refractivity contribution in [2.24, 2.45) is 0 Å². The number of halogens is 2. The summed E-state index contributed by atoms with van der Waals surface area (Å²) in [5, 5.41) is 10.6. The van der Waals surface area contributed by atoms with Crippen LogP contribution in [0.25, 0.3) is 0 Å². The zero-order chi connectivity index (χ0) is 14.6. The van der Waals surface area contributed by atoms with Crippen LogP contribution in [0.2, 0.25) is 5.02 Å². The van der Waals surface area contributed by atoms with Crippen LogP contribution in [0.5, 0.6) is 0 Å². The first-order chi connectivity index (χ1) is 9.57. The summed E-state index contributed by atoms with van der Waals surface area (Å²) in [6.45, 7) is 3.63. The van der Waals surface area contributed by atoms with Crippen molar-refractivity contribution in [2.75, 3.05) is 19.8 Å². The van der Waals surface area contributed by atoms with E-state index < -0.39 is 17.5 Å². The Morgan fingerprint density at radius 3 is 2.75 bits per heavy atom. The summed E-state index contributed by atoms with van der Waals surface area (Å²) in [5.41, 5.74) is 0.225. The standard InChI is InChI=1S/C15H20ClFO3/c1-2-20-15(5-7-19-8-6-15)14(18)10-11-3-4-13(17)12(16)9-11/h3-4,9,14,18H,2,5-8,10H2,1H3. The normalized spacial score (nSPS) is 19.8. The molecule has 5 heteroatoms. The molecule has 3 nitrogen and oxygen atoms in total. The van der Waals surface area contributed by atoms with Gasteiger partial charge in [-0.25, -0.2) is 4.39 Å². The van der Waals surface area contributed by atoms with Gasteiger partial charge in [0.15, 0.2) is 0 Å². The molecule has 0 amide bonds. The van der Waals surface area contributed by atoms with Crippen LogP contribution in [0, 0.1) is 5.82 Å². The van der Waals surface area contributed by atoms with Crippen molar-refractivity contribution in [1.82, 2.24) is 0 Å². The van der Waals surface area contributed by atoms with Gasteiger partial charge >= 0.3 is 0 Å². The summed E-state index contributed by atoms with van der Waals surface area (Å²) in [6.07, 6.45) is 1.06. The third-order valence-electron chi connectivity index (χ3n) is 3.79. The molecular weight excluding hydrogens is 283 g/mol. The van der Waals surface area contributed by atoms with E-state index >= 15 is 0 Å². The van der Waals surface area contributed by atoms with Crippen LogP contribution < -0.4 is 0 Å². The Balaban J connectivity index is 2.11. The zero-order valence-corrected chi connectivity index (χ0v) is 12.3. The number of hydrogen-bond acceptors (Lipinski definition) is 3. The Labute approximate surface area is 123 Å². The molecule has 1 aromatic rings. The highest BCUT2D eigenvalue weighted by molar-refractivity contribution is 6.30. The topological polar surface area (TPSA) is 38.7 Å². The molecule has 0 aliphatic carbocycles. The number of hydrogen-bond donors (Lipinski definition) is 1. The molecule has 20 heavy (non-hydrogen) atoms. The molecule has 0 bridgehead atoms. The summed E-state index contributed by atoms with van der Waals surface area (Å²) in [6, 6.07) is 4.52. The third kappa shape index (κ3) is 3.50. The maximum atomic E-state index is 13.2. The number of aliphatic hydroxyl groups excluding tert-OH is 1. The molecule has 2 rings (SSSR count). The van der Waals surface area contributed by atoms with Crippen molar-refractivity contribution in [3.63, 3.8) is 0 Å². The molecule has 0 saturated carbocycles. The van der Waals surface area contributed by atoms with Crippen molar-refractivity contribution in [2.45, 2.75) is 37.9 Å². The Hall–Kier alpha value is -0.680. The molecule has 1 N–H and O–H groups in total. The number of ether oxygens (including phenoxy) is 2. The lowest BCUT2D eigenvalue weighted by molar-refractivity contribution is -0.165. The Morgan fingerprint density at radius 1 is 1.45 bits per heavy atom. The number of rotatable bonds is 5. The van der Waals surface area contributed by atoms with Crippen LogP contribution in [0.1, 0.15) is 25.3 Å². The highest BCUT2D eigenvalue weighted by atomic mass is 35.5. The lowest BCUT2D eigenvalue weighted by Gasteiger charge is -2.40. The second-order valence-electron chi connectivity index (χ2n) is 5.08. The molecule has 1 aliphatic rings. The molecule has 1 aliphatic heterocycles. The van der Waals surface area contributed by atoms with Crippen molar-refractivity contribution >= 4 is 11.6 Å². The summed E-state index contributed by atoms with van der Waals surface area (Å²) in [4.78, 5) is 0. The summed E-state index contributed by atoms with van der Waals surface area (Å²) in [5.74, 6) is -0.449. The molecule has 1 saturated heterocycles. The average molecular weight is 303 g/mol. The summed E-state index contributed by atoms with van der Waals surface area (Å²) in [7, 11) is 0. The maximum Gasteiger partial charge on any atom is 0.141 e. The van der Waals surface area contributed by atoms with Gasteiger partial charge in [0.05, 0.1) is 16.7 Å². The zero-order valence-electron chi connectivity index (χ0n) is 11.6. The fraction of sp³-hybridized carbons (Fsp3) is 0.600. The number of benzene rings is 1. The van der Waals surface area contributed by atoms with Gasteiger partial charge in [-0.3, -0.25) is 0 Å². The van der Waals surface area contributed by atoms with Gasteiger partial charge in [0.1, 0.15) is 5.82 Å². The summed E-state index contributed by atoms with van der Waals surface area (Å²) < 4.78 is 24.3. The Bertz CT molecular complexity index is 441. The first-order valence-corrected chi connectivity index (χ1v) is 7.29. The minimum absolute atomic E-state index is 0.0761. The van der Waals surface area contributed by atoms with E-state index in [9.17, 15) is 9.50 Å². The SMILES string of the molecule is CCOC1(C(O)Cc2ccc(F)c(Cl)c2)CCOCC1. The van der Waals surface area contributed by atoms with Gasteiger partial charge in [-0.2, -0.15) is 0 Å². The highest BCUT2D eigenvalue weighted by Gasteiger charge is 2.40. The molecule has 0 aromatic heterocycles. The highest BCUT2D eigenvalue weighted by Crippen LogP contribution is 2.31. The first kappa shape index (κ1) is 15.7. The van der Waals surface area contributed by atoms with E-state index in [1.54, 1.807) is 12.1 Å². The fourth-order valence-corrected chi connectivity index (χ4v) is 2.86. The van der Waals surface area contributed by atoms with Crippen molar-refractivity contribution in [1.29, 1.82) is 0 Å². The van der Waals surface area contributed by atoms with Crippen molar-refractivity contribution in [3.8, 4) is 0 Å². The van der Waals surface area contributed by atoms with Crippen molar-refractivity contribution in [3.05, 3.63) is 34.6 Å². The monoisotopic (exact) mass is 302 g/mol. The van der Waals surface area contributed by atoms with E-state index in [0.29, 0.717) is 39.1 Å². The fourth-order valence-electron chi connectivity index (χ4n) is 2.65. The first-order valence-electron chi connectivity index (χ1n) is 6.91. The van der Waals surface area contributed by atoms with Crippen LogP contribution in [0.15, 0.2) is 18.2 Å². The second kappa shape index (κ2) is 6.85. The largest absolute Gasteiger partial charge is 0.390 e. The molecule has 1 atom stereocenters. The smallest absolute Gasteiger partial charge is 0.141 e. The molecule has 0 spiro atoms. The molecule has 0 radical (unpaired) electrons. The minimum Gasteiger partial charge on any atom is -0.390 e. The van der Waals surface area contributed by atoms with Gasteiger partial charge in [0.25, 0.3) is 0 Å². The van der Waals surface area contributed by atoms with Crippen LogP contribution in [0.4, 0.5) is 4.39 Å². The quantitative estimate of drug-likeness (QED) is 0.909. The van der Waals surface area contributed by atoms with Gasteiger partial charge in [0, 0.05) is 39.1 Å².